The van der Waals surface area contributed by atoms with Crippen molar-refractivity contribution in [3.8, 4) is 0 Å². The van der Waals surface area contributed by atoms with E-state index in [9.17, 15) is 18.0 Å². The number of benzene rings is 1. The van der Waals surface area contributed by atoms with Crippen molar-refractivity contribution in [2.45, 2.75) is 32.4 Å². The lowest BCUT2D eigenvalue weighted by Crippen LogP contribution is -2.17. The van der Waals surface area contributed by atoms with Gasteiger partial charge in [-0.3, -0.25) is 4.79 Å². The zero-order chi connectivity index (χ0) is 15.2. The molecule has 112 valence electrons. The summed E-state index contributed by atoms with van der Waals surface area (Å²) >= 11 is 0. The van der Waals surface area contributed by atoms with Gasteiger partial charge >= 0.3 is 6.18 Å². The van der Waals surface area contributed by atoms with Crippen LogP contribution in [-0.4, -0.2) is 12.5 Å². The van der Waals surface area contributed by atoms with Gasteiger partial charge in [-0.05, 0) is 37.4 Å². The van der Waals surface area contributed by atoms with E-state index in [1.807, 2.05) is 6.92 Å². The lowest BCUT2D eigenvalue weighted by molar-refractivity contribution is -0.137. The fourth-order valence-electron chi connectivity index (χ4n) is 1.86. The molecule has 6 heteroatoms. The van der Waals surface area contributed by atoms with Gasteiger partial charge in [-0.2, -0.15) is 13.2 Å². The number of anilines is 1. The molecule has 3 nitrogen and oxygen atoms in total. The summed E-state index contributed by atoms with van der Waals surface area (Å²) in [6, 6.07) is 4.96. The van der Waals surface area contributed by atoms with Crippen LogP contribution in [0.15, 0.2) is 24.3 Å². The Morgan fingerprint density at radius 3 is 2.55 bits per heavy atom. The minimum absolute atomic E-state index is 0.188. The highest BCUT2D eigenvalue weighted by atomic mass is 19.4. The summed E-state index contributed by atoms with van der Waals surface area (Å²) in [6.45, 7) is 2.50. The average Bonchev–Trinajstić information content (AvgIpc) is 2.36. The molecular formula is C14H19F3N2O. The molecule has 0 aliphatic heterocycles. The Bertz CT molecular complexity index is 446. The Balaban J connectivity index is 2.63. The van der Waals surface area contributed by atoms with Gasteiger partial charge in [-0.25, -0.2) is 0 Å². The van der Waals surface area contributed by atoms with Crippen molar-refractivity contribution in [2.75, 3.05) is 11.9 Å². The zero-order valence-corrected chi connectivity index (χ0v) is 11.3. The predicted octanol–water partition coefficient (Wildman–Crippen LogP) is 3.41. The van der Waals surface area contributed by atoms with Gasteiger partial charge < -0.3 is 11.1 Å². The highest BCUT2D eigenvalue weighted by molar-refractivity contribution is 5.91. The van der Waals surface area contributed by atoms with E-state index in [4.69, 9.17) is 5.73 Å². The molecule has 1 amide bonds. The van der Waals surface area contributed by atoms with Crippen molar-refractivity contribution < 1.29 is 18.0 Å². The van der Waals surface area contributed by atoms with Crippen molar-refractivity contribution in [3.05, 3.63) is 29.8 Å². The molecule has 0 bridgehead atoms. The Kier molecular flexibility index (Phi) is 6.01. The number of nitrogens with one attached hydrogen (secondary N) is 1. The maximum atomic E-state index is 12.7. The Hall–Kier alpha value is -1.56. The number of carbonyl (C=O) groups excluding carboxylic acids is 1. The zero-order valence-electron chi connectivity index (χ0n) is 11.3. The lowest BCUT2D eigenvalue weighted by Gasteiger charge is -2.14. The number of amides is 1. The minimum atomic E-state index is -4.48. The van der Waals surface area contributed by atoms with E-state index >= 15 is 0 Å². The van der Waals surface area contributed by atoms with Crippen molar-refractivity contribution >= 4 is 11.6 Å². The summed E-state index contributed by atoms with van der Waals surface area (Å²) in [6.07, 6.45) is -2.88. The monoisotopic (exact) mass is 288 g/mol. The molecule has 1 atom stereocenters. The Labute approximate surface area is 116 Å². The molecule has 0 aromatic heterocycles. The first-order chi connectivity index (χ1) is 9.34. The van der Waals surface area contributed by atoms with Crippen LogP contribution in [0, 0.1) is 5.92 Å². The smallest absolute Gasteiger partial charge is 0.330 e. The highest BCUT2D eigenvalue weighted by Crippen LogP contribution is 2.34. The lowest BCUT2D eigenvalue weighted by atomic mass is 10.0. The minimum Gasteiger partial charge on any atom is -0.330 e. The molecule has 20 heavy (non-hydrogen) atoms. The number of hydrogen-bond donors (Lipinski definition) is 2. The second-order valence-electron chi connectivity index (χ2n) is 4.81. The number of carbonyl (C=O) groups is 1. The number of rotatable bonds is 6. The van der Waals surface area contributed by atoms with Crippen LogP contribution >= 0.6 is 0 Å². The molecule has 1 unspecified atom stereocenters. The SMILES string of the molecule is CC(CCN)CCC(=O)Nc1ccccc1C(F)(F)F. The molecule has 0 aliphatic carbocycles. The normalized spacial score (nSPS) is 13.1. The summed E-state index contributed by atoms with van der Waals surface area (Å²) in [7, 11) is 0. The van der Waals surface area contributed by atoms with E-state index in [1.54, 1.807) is 0 Å². The van der Waals surface area contributed by atoms with E-state index in [0.29, 0.717) is 13.0 Å². The van der Waals surface area contributed by atoms with Gasteiger partial charge in [0.25, 0.3) is 0 Å². The summed E-state index contributed by atoms with van der Waals surface area (Å²) in [5, 5.41) is 2.32. The van der Waals surface area contributed by atoms with E-state index in [1.165, 1.54) is 18.2 Å². The second kappa shape index (κ2) is 7.28. The number of nitrogens with two attached hydrogens (primary N) is 1. The van der Waals surface area contributed by atoms with E-state index in [2.05, 4.69) is 5.32 Å². The van der Waals surface area contributed by atoms with Gasteiger partial charge in [-0.1, -0.05) is 19.1 Å². The van der Waals surface area contributed by atoms with E-state index in [0.717, 1.165) is 12.5 Å². The van der Waals surface area contributed by atoms with Crippen molar-refractivity contribution in [2.24, 2.45) is 11.7 Å². The summed E-state index contributed by atoms with van der Waals surface area (Å²) in [5.74, 6) is -0.130. The van der Waals surface area contributed by atoms with Crippen LogP contribution in [-0.2, 0) is 11.0 Å². The quantitative estimate of drug-likeness (QED) is 0.842. The molecule has 0 saturated heterocycles. The number of alkyl halides is 3. The van der Waals surface area contributed by atoms with Crippen LogP contribution in [0.25, 0.3) is 0 Å². The van der Waals surface area contributed by atoms with Crippen LogP contribution in [0.1, 0.15) is 31.7 Å². The molecule has 0 radical (unpaired) electrons. The van der Waals surface area contributed by atoms with Gasteiger partial charge in [0, 0.05) is 6.42 Å². The summed E-state index contributed by atoms with van der Waals surface area (Å²) < 4.78 is 38.2. The summed E-state index contributed by atoms with van der Waals surface area (Å²) in [4.78, 5) is 11.7. The van der Waals surface area contributed by atoms with Gasteiger partial charge in [0.05, 0.1) is 11.3 Å². The third-order valence-corrected chi connectivity index (χ3v) is 3.03. The van der Waals surface area contributed by atoms with Crippen LogP contribution < -0.4 is 11.1 Å². The van der Waals surface area contributed by atoms with Crippen molar-refractivity contribution in [3.63, 3.8) is 0 Å². The average molecular weight is 288 g/mol. The fourth-order valence-corrected chi connectivity index (χ4v) is 1.86. The van der Waals surface area contributed by atoms with Crippen LogP contribution in [0.2, 0.25) is 0 Å². The molecular weight excluding hydrogens is 269 g/mol. The van der Waals surface area contributed by atoms with Gasteiger partial charge in [0.2, 0.25) is 5.91 Å². The Morgan fingerprint density at radius 2 is 1.95 bits per heavy atom. The third-order valence-electron chi connectivity index (χ3n) is 3.03. The standard InChI is InChI=1S/C14H19F3N2O/c1-10(8-9-18)6-7-13(20)19-12-5-3-2-4-11(12)14(15,16)17/h2-5,10H,6-9,18H2,1H3,(H,19,20). The topological polar surface area (TPSA) is 55.1 Å². The molecule has 1 rings (SSSR count). The third kappa shape index (κ3) is 5.21. The first-order valence-corrected chi connectivity index (χ1v) is 6.50. The van der Waals surface area contributed by atoms with Gasteiger partial charge in [0.15, 0.2) is 0 Å². The second-order valence-corrected chi connectivity index (χ2v) is 4.81. The number of halogens is 3. The van der Waals surface area contributed by atoms with Crippen LogP contribution in [0.5, 0.6) is 0 Å². The maximum Gasteiger partial charge on any atom is 0.418 e. The van der Waals surface area contributed by atoms with Crippen molar-refractivity contribution in [1.29, 1.82) is 0 Å². The van der Waals surface area contributed by atoms with Gasteiger partial charge in [-0.15, -0.1) is 0 Å². The fraction of sp³-hybridized carbons (Fsp3) is 0.500. The maximum absolute atomic E-state index is 12.7. The number of hydrogen-bond acceptors (Lipinski definition) is 2. The first-order valence-electron chi connectivity index (χ1n) is 6.50. The molecule has 1 aromatic carbocycles. The molecule has 0 spiro atoms. The molecule has 0 fully saturated rings. The predicted molar refractivity (Wildman–Crippen MR) is 72.1 cm³/mol. The van der Waals surface area contributed by atoms with E-state index in [-0.39, 0.29) is 18.0 Å². The number of para-hydroxylation sites is 1. The van der Waals surface area contributed by atoms with Crippen LogP contribution in [0.4, 0.5) is 18.9 Å². The largest absolute Gasteiger partial charge is 0.418 e. The Morgan fingerprint density at radius 1 is 1.30 bits per heavy atom. The summed E-state index contributed by atoms with van der Waals surface area (Å²) in [5.41, 5.74) is 4.37. The van der Waals surface area contributed by atoms with E-state index < -0.39 is 17.6 Å². The molecule has 0 aliphatic rings. The molecule has 3 N–H and O–H groups in total. The molecule has 1 aromatic rings. The van der Waals surface area contributed by atoms with Crippen molar-refractivity contribution in [1.82, 2.24) is 0 Å². The highest BCUT2D eigenvalue weighted by Gasteiger charge is 2.33. The molecule has 0 heterocycles. The van der Waals surface area contributed by atoms with Crippen LogP contribution in [0.3, 0.4) is 0 Å². The van der Waals surface area contributed by atoms with Gasteiger partial charge in [0.1, 0.15) is 0 Å². The first kappa shape index (κ1) is 16.5. The molecule has 0 saturated carbocycles.